The van der Waals surface area contributed by atoms with Gasteiger partial charge in [-0.1, -0.05) is 181 Å². The standard InChI is InChI=1S/C30H40N.C29H38N.2C28H36N/c1-8-22-17-23(9-2)21(4)28(18-22)29-27-11-10-25(19-26(27)16-20(3)31(29)7)24-12-14-30(5,6)15-13-24;1-19(2)23-9-8-20(3)27(18-23)28-26-11-10-24(17-25(26)16-21(4)30(28)7)22-12-14-29(5,6)15-13-22;1-18-14-19(2)21(4)26(15-18)27-25-9-8-23(17-24(25)16-20(3)29(27)7)22-10-12-28(5,6)13-11-22;1-7-21-9-8-19(2)26(17-21)27-25-11-10-23(18-24(25)16-20(3)29(27)6)22-12-14-28(4,5)15-13-22/h10-11,16-19,24H,8-9,12-15H2,1-7H3;8-11,16-19,22H,12-15H2,1-7H3;8-9,14-17,22H,10-13H2,1-7H3;8-11,16-18,22H,7,12-15H2,1-6H3/q4*+1. The van der Waals surface area contributed by atoms with Crippen LogP contribution in [-0.4, -0.2) is 0 Å². The summed E-state index contributed by atoms with van der Waals surface area (Å²) < 4.78 is 9.50. The summed E-state index contributed by atoms with van der Waals surface area (Å²) in [6.07, 6.45) is 24.5. The third kappa shape index (κ3) is 19.3. The van der Waals surface area contributed by atoms with Crippen LogP contribution in [0.2, 0.25) is 0 Å². The van der Waals surface area contributed by atoms with Crippen LogP contribution >= 0.6 is 0 Å². The molecular weight excluding hydrogens is 1440 g/mol. The number of fused-ring (bicyclic) bond motifs is 4. The summed E-state index contributed by atoms with van der Waals surface area (Å²) in [5.74, 6) is 3.40. The van der Waals surface area contributed by atoms with Crippen LogP contribution in [0.25, 0.3) is 88.1 Å². The zero-order chi connectivity index (χ0) is 85.6. The maximum atomic E-state index is 2.49. The minimum atomic E-state index is 0.518. The van der Waals surface area contributed by atoms with Crippen LogP contribution in [0.1, 0.15) is 323 Å². The zero-order valence-electron chi connectivity index (χ0n) is 79.1. The maximum absolute atomic E-state index is 2.49. The molecule has 0 radical (unpaired) electrons. The quantitative estimate of drug-likeness (QED) is 0.108. The molecule has 0 aliphatic heterocycles. The first-order chi connectivity index (χ1) is 56.3. The van der Waals surface area contributed by atoms with Gasteiger partial charge in [0.2, 0.25) is 22.8 Å². The Kier molecular flexibility index (Phi) is 26.6. The molecule has 8 aromatic carbocycles. The highest BCUT2D eigenvalue weighted by molar-refractivity contribution is 5.98. The van der Waals surface area contributed by atoms with Crippen LogP contribution in [0.5, 0.6) is 0 Å². The number of benzene rings is 8. The molecule has 4 heterocycles. The van der Waals surface area contributed by atoms with Crippen molar-refractivity contribution in [3.05, 3.63) is 258 Å². The van der Waals surface area contributed by atoms with Crippen molar-refractivity contribution in [2.24, 2.45) is 49.9 Å². The first kappa shape index (κ1) is 88.2. The molecule has 119 heavy (non-hydrogen) atoms. The normalized spacial score (nSPS) is 17.0. The average molecular weight is 1590 g/mol. The highest BCUT2D eigenvalue weighted by atomic mass is 15.0. The lowest BCUT2D eigenvalue weighted by molar-refractivity contribution is -0.665. The third-order valence-corrected chi connectivity index (χ3v) is 30.3. The summed E-state index contributed by atoms with van der Waals surface area (Å²) in [6, 6.07) is 62.0. The summed E-state index contributed by atoms with van der Waals surface area (Å²) in [5.41, 5.74) is 38.3. The third-order valence-electron chi connectivity index (χ3n) is 30.3. The van der Waals surface area contributed by atoms with E-state index in [4.69, 9.17) is 0 Å². The Morgan fingerprint density at radius 3 is 0.916 bits per heavy atom. The van der Waals surface area contributed by atoms with E-state index in [-0.39, 0.29) is 0 Å². The molecule has 0 bridgehead atoms. The molecule has 0 unspecified atom stereocenters. The first-order valence-electron chi connectivity index (χ1n) is 46.5. The fraction of sp³-hybridized carbons (Fsp3) is 0.478. The zero-order valence-corrected chi connectivity index (χ0v) is 79.1. The Hall–Kier alpha value is -8.60. The number of rotatable bonds is 12. The summed E-state index contributed by atoms with van der Waals surface area (Å²) in [5, 5.41) is 11.0. The minimum absolute atomic E-state index is 0.518. The molecule has 4 aliphatic carbocycles. The van der Waals surface area contributed by atoms with Gasteiger partial charge in [-0.2, -0.15) is 18.3 Å². The Morgan fingerprint density at radius 2 is 0.597 bits per heavy atom. The van der Waals surface area contributed by atoms with Gasteiger partial charge in [-0.15, -0.1) is 0 Å². The number of hydrogen-bond acceptors (Lipinski definition) is 0. The van der Waals surface area contributed by atoms with Crippen molar-refractivity contribution in [2.75, 3.05) is 0 Å². The van der Waals surface area contributed by atoms with Gasteiger partial charge in [-0.05, 0) is 357 Å². The van der Waals surface area contributed by atoms with Crippen molar-refractivity contribution in [1.82, 2.24) is 0 Å². The largest absolute Gasteiger partial charge is 0.220 e. The predicted molar refractivity (Wildman–Crippen MR) is 512 cm³/mol. The van der Waals surface area contributed by atoms with E-state index in [0.717, 1.165) is 25.2 Å². The van der Waals surface area contributed by atoms with E-state index in [0.29, 0.717) is 45.3 Å². The molecule has 4 fully saturated rings. The molecule has 4 nitrogen and oxygen atoms in total. The molecule has 0 spiro atoms. The molecule has 16 rings (SSSR count). The maximum Gasteiger partial charge on any atom is 0.220 e. The van der Waals surface area contributed by atoms with Crippen molar-refractivity contribution < 1.29 is 18.3 Å². The Bertz CT molecular complexity index is 5730. The van der Waals surface area contributed by atoms with Crippen LogP contribution in [0.3, 0.4) is 0 Å². The Morgan fingerprint density at radius 1 is 0.294 bits per heavy atom. The van der Waals surface area contributed by atoms with Crippen LogP contribution in [0, 0.1) is 90.9 Å². The lowest BCUT2D eigenvalue weighted by atomic mass is 9.71. The van der Waals surface area contributed by atoms with Crippen molar-refractivity contribution in [3.63, 3.8) is 0 Å². The van der Waals surface area contributed by atoms with Gasteiger partial charge in [0.25, 0.3) is 0 Å². The van der Waals surface area contributed by atoms with Gasteiger partial charge < -0.3 is 0 Å². The van der Waals surface area contributed by atoms with E-state index in [1.807, 2.05) is 0 Å². The lowest BCUT2D eigenvalue weighted by Crippen LogP contribution is -2.35. The predicted octanol–water partition coefficient (Wildman–Crippen LogP) is 30.0. The molecule has 0 atom stereocenters. The molecule has 4 saturated carbocycles. The Labute approximate surface area is 720 Å². The van der Waals surface area contributed by atoms with Crippen LogP contribution < -0.4 is 18.3 Å². The van der Waals surface area contributed by atoms with Crippen LogP contribution in [0.15, 0.2) is 158 Å². The second-order valence-electron chi connectivity index (χ2n) is 41.5. The second-order valence-corrected chi connectivity index (χ2v) is 41.5. The minimum Gasteiger partial charge on any atom is -0.198 e. The van der Waals surface area contributed by atoms with Gasteiger partial charge >= 0.3 is 0 Å². The molecule has 626 valence electrons. The van der Waals surface area contributed by atoms with Gasteiger partial charge in [0.05, 0.1) is 32.7 Å². The van der Waals surface area contributed by atoms with Crippen molar-refractivity contribution in [3.8, 4) is 45.0 Å². The van der Waals surface area contributed by atoms with E-state index in [2.05, 4.69) is 363 Å². The molecule has 0 saturated heterocycles. The van der Waals surface area contributed by atoms with Crippen molar-refractivity contribution in [1.29, 1.82) is 0 Å². The molecule has 12 aromatic rings. The SMILES string of the molecule is CCc1cc(CC)c(C)c(-c2c3ccc(C4CCC(C)(C)CC4)cc3cc(C)[n+]2C)c1.CCc1ccc(C)c(-c2c3ccc(C4CCC(C)(C)CC4)cc3cc(C)[n+]2C)c1.Cc1cc(C)c(C)c(-c2c3ccc(C4CCC(C)(C)CC4)cc3cc(C)[n+]2C)c1.Cc1ccc(C(C)C)cc1-c1c2ccc(C3CCC(C)(C)CC3)cc2cc(C)[n+]1C. The lowest BCUT2D eigenvalue weighted by Gasteiger charge is -2.34. The molecule has 0 N–H and O–H groups in total. The van der Waals surface area contributed by atoms with Gasteiger partial charge in [-0.3, -0.25) is 0 Å². The molecule has 0 amide bonds. The number of nitrogens with zero attached hydrogens (tertiary/aromatic N) is 4. The average Bonchev–Trinajstić information content (AvgIpc) is 0.625. The first-order valence-corrected chi connectivity index (χ1v) is 46.5. The van der Waals surface area contributed by atoms with E-state index in [1.165, 1.54) is 292 Å². The molecule has 4 heteroatoms. The van der Waals surface area contributed by atoms with E-state index in [9.17, 15) is 0 Å². The van der Waals surface area contributed by atoms with E-state index < -0.39 is 0 Å². The summed E-state index contributed by atoms with van der Waals surface area (Å²) in [6.45, 7) is 53.2. The summed E-state index contributed by atoms with van der Waals surface area (Å²) in [4.78, 5) is 0. The number of aryl methyl sites for hydroxylation is 11. The molecular formula is C115H150N4+4. The smallest absolute Gasteiger partial charge is 0.198 e. The number of aromatic nitrogens is 4. The second kappa shape index (κ2) is 35.8. The topological polar surface area (TPSA) is 15.5 Å². The highest BCUT2D eigenvalue weighted by Gasteiger charge is 2.35. The van der Waals surface area contributed by atoms with Gasteiger partial charge in [0, 0.05) is 63.1 Å². The highest BCUT2D eigenvalue weighted by Crippen LogP contribution is 2.49. The summed E-state index contributed by atoms with van der Waals surface area (Å²) in [7, 11) is 8.85. The van der Waals surface area contributed by atoms with E-state index in [1.54, 1.807) is 0 Å². The fourth-order valence-electron chi connectivity index (χ4n) is 21.0. The van der Waals surface area contributed by atoms with Crippen LogP contribution in [-0.2, 0) is 47.5 Å². The summed E-state index contributed by atoms with van der Waals surface area (Å²) >= 11 is 0. The molecule has 4 aliphatic rings. The van der Waals surface area contributed by atoms with Crippen molar-refractivity contribution in [2.45, 2.75) is 311 Å². The van der Waals surface area contributed by atoms with Crippen LogP contribution in [0.4, 0.5) is 0 Å². The number of pyridine rings is 4. The monoisotopic (exact) mass is 1590 g/mol. The van der Waals surface area contributed by atoms with Crippen molar-refractivity contribution >= 4 is 43.1 Å². The number of hydrogen-bond donors (Lipinski definition) is 0. The van der Waals surface area contributed by atoms with E-state index >= 15 is 0 Å². The van der Waals surface area contributed by atoms with Gasteiger partial charge in [-0.25, -0.2) is 0 Å². The molecule has 4 aromatic heterocycles. The fourth-order valence-corrected chi connectivity index (χ4v) is 21.0. The Balaban J connectivity index is 0.000000137. The van der Waals surface area contributed by atoms with Gasteiger partial charge in [0.1, 0.15) is 28.2 Å². The van der Waals surface area contributed by atoms with Gasteiger partial charge in [0.15, 0.2) is 22.8 Å².